The third-order valence-electron chi connectivity index (χ3n) is 1.99. The molecule has 0 spiro atoms. The van der Waals surface area contributed by atoms with Gasteiger partial charge >= 0.3 is 0 Å². The topological polar surface area (TPSA) is 32.3 Å². The summed E-state index contributed by atoms with van der Waals surface area (Å²) in [6.07, 6.45) is 1.40. The van der Waals surface area contributed by atoms with Crippen molar-refractivity contribution in [2.24, 2.45) is 0 Å². The number of nitrogens with one attached hydrogen (secondary N) is 1. The van der Waals surface area contributed by atoms with Crippen molar-refractivity contribution in [2.75, 3.05) is 32.1 Å². The molecule has 0 radical (unpaired) electrons. The van der Waals surface area contributed by atoms with E-state index in [0.29, 0.717) is 12.3 Å². The standard InChI is InChI=1S/C8H15ClN2O/c9-3-1-2-8(12)11-6-4-10-5-7-11/h10H,1-7H2. The van der Waals surface area contributed by atoms with E-state index < -0.39 is 0 Å². The third kappa shape index (κ3) is 2.99. The van der Waals surface area contributed by atoms with E-state index in [1.54, 1.807) is 0 Å². The second-order valence-electron chi connectivity index (χ2n) is 2.92. The molecule has 1 aliphatic rings. The Labute approximate surface area is 78.1 Å². The van der Waals surface area contributed by atoms with Gasteiger partial charge in [-0.1, -0.05) is 0 Å². The fourth-order valence-electron chi connectivity index (χ4n) is 1.29. The predicted octanol–water partition coefficient (Wildman–Crippen LogP) is 0.437. The molecule has 70 valence electrons. The molecule has 0 aliphatic carbocycles. The van der Waals surface area contributed by atoms with Crippen LogP contribution in [-0.4, -0.2) is 42.9 Å². The lowest BCUT2D eigenvalue weighted by molar-refractivity contribution is -0.131. The Morgan fingerprint density at radius 2 is 2.08 bits per heavy atom. The Morgan fingerprint density at radius 3 is 2.67 bits per heavy atom. The van der Waals surface area contributed by atoms with Crippen molar-refractivity contribution in [3.05, 3.63) is 0 Å². The van der Waals surface area contributed by atoms with E-state index in [0.717, 1.165) is 32.6 Å². The van der Waals surface area contributed by atoms with Crippen LogP contribution < -0.4 is 5.32 Å². The fourth-order valence-corrected chi connectivity index (χ4v) is 1.42. The molecular weight excluding hydrogens is 176 g/mol. The number of nitrogens with zero attached hydrogens (tertiary/aromatic N) is 1. The molecule has 1 amide bonds. The van der Waals surface area contributed by atoms with Crippen LogP contribution in [0.1, 0.15) is 12.8 Å². The number of piperazine rings is 1. The summed E-state index contributed by atoms with van der Waals surface area (Å²) in [6.45, 7) is 3.54. The summed E-state index contributed by atoms with van der Waals surface area (Å²) in [5.41, 5.74) is 0. The maximum absolute atomic E-state index is 11.4. The van der Waals surface area contributed by atoms with Gasteiger partial charge in [-0.15, -0.1) is 11.6 Å². The Morgan fingerprint density at radius 1 is 1.42 bits per heavy atom. The van der Waals surface area contributed by atoms with E-state index >= 15 is 0 Å². The lowest BCUT2D eigenvalue weighted by Crippen LogP contribution is -2.46. The van der Waals surface area contributed by atoms with Crippen molar-refractivity contribution < 1.29 is 4.79 Å². The number of hydrogen-bond acceptors (Lipinski definition) is 2. The van der Waals surface area contributed by atoms with Gasteiger partial charge in [0.15, 0.2) is 0 Å². The summed E-state index contributed by atoms with van der Waals surface area (Å²) in [6, 6.07) is 0. The van der Waals surface area contributed by atoms with Crippen LogP contribution in [0.25, 0.3) is 0 Å². The van der Waals surface area contributed by atoms with Gasteiger partial charge in [0.1, 0.15) is 0 Å². The number of halogens is 1. The Bertz CT molecular complexity index is 146. The number of hydrogen-bond donors (Lipinski definition) is 1. The molecule has 0 aromatic heterocycles. The van der Waals surface area contributed by atoms with Crippen LogP contribution in [0.5, 0.6) is 0 Å². The second kappa shape index (κ2) is 5.38. The highest BCUT2D eigenvalue weighted by atomic mass is 35.5. The lowest BCUT2D eigenvalue weighted by Gasteiger charge is -2.27. The summed E-state index contributed by atoms with van der Waals surface area (Å²) in [5, 5.41) is 3.21. The first-order valence-corrected chi connectivity index (χ1v) is 4.92. The largest absolute Gasteiger partial charge is 0.340 e. The van der Waals surface area contributed by atoms with Gasteiger partial charge in [-0.05, 0) is 6.42 Å². The van der Waals surface area contributed by atoms with Crippen molar-refractivity contribution >= 4 is 17.5 Å². The molecule has 1 fully saturated rings. The van der Waals surface area contributed by atoms with Crippen LogP contribution in [-0.2, 0) is 4.79 Å². The Kier molecular flexibility index (Phi) is 4.40. The fraction of sp³-hybridized carbons (Fsp3) is 0.875. The highest BCUT2D eigenvalue weighted by Gasteiger charge is 2.14. The maximum atomic E-state index is 11.4. The number of alkyl halides is 1. The lowest BCUT2D eigenvalue weighted by atomic mass is 10.2. The third-order valence-corrected chi connectivity index (χ3v) is 2.26. The Hall–Kier alpha value is -0.280. The molecular formula is C8H15ClN2O. The van der Waals surface area contributed by atoms with Gasteiger partial charge in [-0.25, -0.2) is 0 Å². The van der Waals surface area contributed by atoms with Gasteiger partial charge in [0.05, 0.1) is 0 Å². The molecule has 1 saturated heterocycles. The van der Waals surface area contributed by atoms with Gasteiger partial charge < -0.3 is 10.2 Å². The highest BCUT2D eigenvalue weighted by molar-refractivity contribution is 6.17. The van der Waals surface area contributed by atoms with Crippen LogP contribution in [0.2, 0.25) is 0 Å². The van der Waals surface area contributed by atoms with Crippen LogP contribution in [0.4, 0.5) is 0 Å². The Balaban J connectivity index is 2.20. The minimum absolute atomic E-state index is 0.247. The number of carbonyl (C=O) groups is 1. The van der Waals surface area contributed by atoms with E-state index in [9.17, 15) is 4.79 Å². The van der Waals surface area contributed by atoms with Crippen LogP contribution in [0.3, 0.4) is 0 Å². The molecule has 0 atom stereocenters. The van der Waals surface area contributed by atoms with E-state index in [2.05, 4.69) is 5.32 Å². The average Bonchev–Trinajstić information content (AvgIpc) is 2.15. The van der Waals surface area contributed by atoms with Gasteiger partial charge in [0, 0.05) is 38.5 Å². The van der Waals surface area contributed by atoms with E-state index in [1.807, 2.05) is 4.90 Å². The van der Waals surface area contributed by atoms with E-state index in [-0.39, 0.29) is 5.91 Å². The monoisotopic (exact) mass is 190 g/mol. The minimum atomic E-state index is 0.247. The number of carbonyl (C=O) groups excluding carboxylic acids is 1. The molecule has 1 rings (SSSR count). The van der Waals surface area contributed by atoms with Crippen LogP contribution in [0, 0.1) is 0 Å². The number of rotatable bonds is 3. The van der Waals surface area contributed by atoms with Crippen molar-refractivity contribution in [3.63, 3.8) is 0 Å². The predicted molar refractivity (Wildman–Crippen MR) is 49.4 cm³/mol. The summed E-state index contributed by atoms with van der Waals surface area (Å²) in [4.78, 5) is 13.3. The van der Waals surface area contributed by atoms with Crippen molar-refractivity contribution in [1.29, 1.82) is 0 Å². The molecule has 12 heavy (non-hydrogen) atoms. The highest BCUT2D eigenvalue weighted by Crippen LogP contribution is 2.00. The molecule has 4 heteroatoms. The van der Waals surface area contributed by atoms with Gasteiger partial charge in [-0.2, -0.15) is 0 Å². The first kappa shape index (κ1) is 9.81. The van der Waals surface area contributed by atoms with E-state index in [4.69, 9.17) is 11.6 Å². The van der Waals surface area contributed by atoms with E-state index in [1.165, 1.54) is 0 Å². The second-order valence-corrected chi connectivity index (χ2v) is 3.30. The van der Waals surface area contributed by atoms with Gasteiger partial charge in [-0.3, -0.25) is 4.79 Å². The molecule has 1 N–H and O–H groups in total. The smallest absolute Gasteiger partial charge is 0.222 e. The van der Waals surface area contributed by atoms with Crippen LogP contribution in [0.15, 0.2) is 0 Å². The molecule has 0 aromatic carbocycles. The molecule has 0 unspecified atom stereocenters. The van der Waals surface area contributed by atoms with Crippen molar-refractivity contribution in [2.45, 2.75) is 12.8 Å². The summed E-state index contributed by atoms with van der Waals surface area (Å²) in [5.74, 6) is 0.829. The summed E-state index contributed by atoms with van der Waals surface area (Å²) in [7, 11) is 0. The minimum Gasteiger partial charge on any atom is -0.340 e. The normalized spacial score (nSPS) is 17.9. The quantitative estimate of drug-likeness (QED) is 0.655. The average molecular weight is 191 g/mol. The first-order valence-electron chi connectivity index (χ1n) is 4.39. The summed E-state index contributed by atoms with van der Waals surface area (Å²) < 4.78 is 0. The van der Waals surface area contributed by atoms with Gasteiger partial charge in [0.2, 0.25) is 5.91 Å². The first-order chi connectivity index (χ1) is 5.84. The zero-order chi connectivity index (χ0) is 8.81. The summed E-state index contributed by atoms with van der Waals surface area (Å²) >= 11 is 5.50. The van der Waals surface area contributed by atoms with Gasteiger partial charge in [0.25, 0.3) is 0 Å². The molecule has 1 aliphatic heterocycles. The van der Waals surface area contributed by atoms with Crippen LogP contribution >= 0.6 is 11.6 Å². The molecule has 0 bridgehead atoms. The number of amides is 1. The zero-order valence-electron chi connectivity index (χ0n) is 7.18. The molecule has 3 nitrogen and oxygen atoms in total. The maximum Gasteiger partial charge on any atom is 0.222 e. The molecule has 0 saturated carbocycles. The van der Waals surface area contributed by atoms with Crippen molar-refractivity contribution in [1.82, 2.24) is 10.2 Å². The molecule has 0 aromatic rings. The molecule has 1 heterocycles. The zero-order valence-corrected chi connectivity index (χ0v) is 7.94. The van der Waals surface area contributed by atoms with Crippen molar-refractivity contribution in [3.8, 4) is 0 Å². The SMILES string of the molecule is O=C(CCCCl)N1CCNCC1.